The lowest BCUT2D eigenvalue weighted by Crippen LogP contribution is -2.35. The van der Waals surface area contributed by atoms with Crippen LogP contribution in [0.25, 0.3) is 5.65 Å². The topological polar surface area (TPSA) is 68.7 Å². The summed E-state index contributed by atoms with van der Waals surface area (Å²) in [7, 11) is 0. The van der Waals surface area contributed by atoms with Gasteiger partial charge in [0.15, 0.2) is 5.65 Å². The van der Waals surface area contributed by atoms with Crippen molar-refractivity contribution in [2.24, 2.45) is 5.92 Å². The van der Waals surface area contributed by atoms with Crippen molar-refractivity contribution >= 4 is 5.65 Å². The van der Waals surface area contributed by atoms with Crippen molar-refractivity contribution in [3.05, 3.63) is 41.5 Å². The number of ether oxygens (including phenoxy) is 1. The van der Waals surface area contributed by atoms with Gasteiger partial charge in [0, 0.05) is 24.6 Å². The number of rotatable bonds is 6. The fourth-order valence-corrected chi connectivity index (χ4v) is 3.77. The van der Waals surface area contributed by atoms with Crippen LogP contribution < -0.4 is 4.74 Å². The molecule has 0 N–H and O–H groups in total. The van der Waals surface area contributed by atoms with Crippen LogP contribution in [-0.4, -0.2) is 44.4 Å². The van der Waals surface area contributed by atoms with E-state index in [4.69, 9.17) is 9.26 Å². The second-order valence-corrected chi connectivity index (χ2v) is 7.87. The van der Waals surface area contributed by atoms with Crippen molar-refractivity contribution in [3.8, 4) is 5.88 Å². The highest BCUT2D eigenvalue weighted by Crippen LogP contribution is 2.39. The maximum atomic E-state index is 5.99. The van der Waals surface area contributed by atoms with Crippen molar-refractivity contribution in [2.75, 3.05) is 19.7 Å². The zero-order chi connectivity index (χ0) is 18.2. The van der Waals surface area contributed by atoms with Crippen LogP contribution in [0.5, 0.6) is 5.88 Å². The van der Waals surface area contributed by atoms with Crippen molar-refractivity contribution < 1.29 is 9.26 Å². The molecule has 4 heterocycles. The molecular weight excluding hydrogens is 342 g/mol. The molecule has 5 rings (SSSR count). The SMILES string of the molecule is Cc1cc(CN2CCC(COc3ccc4nc(C5CC5)cn4n3)CC2)no1. The molecule has 7 nitrogen and oxygen atoms in total. The Morgan fingerprint density at radius 1 is 1.19 bits per heavy atom. The Balaban J connectivity index is 1.12. The van der Waals surface area contributed by atoms with Gasteiger partial charge >= 0.3 is 0 Å². The molecule has 1 aliphatic carbocycles. The maximum absolute atomic E-state index is 5.99. The van der Waals surface area contributed by atoms with Crippen molar-refractivity contribution in [3.63, 3.8) is 0 Å². The minimum absolute atomic E-state index is 0.572. The van der Waals surface area contributed by atoms with E-state index >= 15 is 0 Å². The van der Waals surface area contributed by atoms with Gasteiger partial charge in [-0.1, -0.05) is 5.16 Å². The van der Waals surface area contributed by atoms with E-state index in [9.17, 15) is 0 Å². The Morgan fingerprint density at radius 3 is 2.78 bits per heavy atom. The number of nitrogens with zero attached hydrogens (tertiary/aromatic N) is 5. The first-order valence-corrected chi connectivity index (χ1v) is 9.86. The van der Waals surface area contributed by atoms with Crippen LogP contribution in [0.4, 0.5) is 0 Å². The Labute approximate surface area is 158 Å². The van der Waals surface area contributed by atoms with Gasteiger partial charge in [-0.3, -0.25) is 4.90 Å². The van der Waals surface area contributed by atoms with Gasteiger partial charge in [-0.15, -0.1) is 5.10 Å². The first-order valence-electron chi connectivity index (χ1n) is 9.86. The van der Waals surface area contributed by atoms with E-state index in [0.717, 1.165) is 61.9 Å². The molecule has 1 aliphatic heterocycles. The van der Waals surface area contributed by atoms with Gasteiger partial charge in [-0.25, -0.2) is 9.50 Å². The van der Waals surface area contributed by atoms with Gasteiger partial charge in [0.05, 0.1) is 24.2 Å². The Bertz CT molecular complexity index is 921. The fourth-order valence-electron chi connectivity index (χ4n) is 3.77. The standard InChI is InChI=1S/C20H25N5O2/c1-14-10-17(23-27-14)11-24-8-6-15(7-9-24)13-26-20-5-4-19-21-18(16-2-3-16)12-25(19)22-20/h4-5,10,12,15-16H,2-3,6-9,11,13H2,1H3. The molecule has 0 radical (unpaired) electrons. The summed E-state index contributed by atoms with van der Waals surface area (Å²) in [4.78, 5) is 7.07. The van der Waals surface area contributed by atoms with Crippen LogP contribution >= 0.6 is 0 Å². The molecule has 0 aromatic carbocycles. The molecule has 27 heavy (non-hydrogen) atoms. The normalized spacial score (nSPS) is 19.0. The number of likely N-dealkylation sites (tertiary alicyclic amines) is 1. The number of hydrogen-bond acceptors (Lipinski definition) is 6. The van der Waals surface area contributed by atoms with Crippen LogP contribution in [0.3, 0.4) is 0 Å². The van der Waals surface area contributed by atoms with E-state index in [2.05, 4.69) is 20.1 Å². The fraction of sp³-hybridized carbons (Fsp3) is 0.550. The van der Waals surface area contributed by atoms with E-state index in [1.165, 1.54) is 12.8 Å². The molecule has 0 unspecified atom stereocenters. The molecule has 0 bridgehead atoms. The van der Waals surface area contributed by atoms with E-state index in [1.54, 1.807) is 0 Å². The number of piperidine rings is 1. The van der Waals surface area contributed by atoms with Crippen LogP contribution in [0.2, 0.25) is 0 Å². The second kappa shape index (κ2) is 6.96. The average molecular weight is 367 g/mol. The predicted molar refractivity (Wildman–Crippen MR) is 99.7 cm³/mol. The molecule has 2 aliphatic rings. The van der Waals surface area contributed by atoms with Crippen LogP contribution in [0.1, 0.15) is 48.7 Å². The molecule has 0 spiro atoms. The number of aromatic nitrogens is 4. The molecule has 0 amide bonds. The minimum atomic E-state index is 0.572. The highest BCUT2D eigenvalue weighted by atomic mass is 16.5. The summed E-state index contributed by atoms with van der Waals surface area (Å²) in [6.45, 7) is 5.66. The summed E-state index contributed by atoms with van der Waals surface area (Å²) < 4.78 is 13.0. The summed E-state index contributed by atoms with van der Waals surface area (Å²) >= 11 is 0. The molecule has 7 heteroatoms. The zero-order valence-corrected chi connectivity index (χ0v) is 15.7. The molecule has 3 aromatic heterocycles. The number of aryl methyl sites for hydroxylation is 1. The van der Waals surface area contributed by atoms with Crippen LogP contribution in [0, 0.1) is 12.8 Å². The molecule has 142 valence electrons. The number of fused-ring (bicyclic) bond motifs is 1. The summed E-state index contributed by atoms with van der Waals surface area (Å²) in [5.41, 5.74) is 3.08. The summed E-state index contributed by atoms with van der Waals surface area (Å²) in [6, 6.07) is 5.94. The van der Waals surface area contributed by atoms with Gasteiger partial charge in [-0.05, 0) is 57.7 Å². The first kappa shape index (κ1) is 16.7. The summed E-state index contributed by atoms with van der Waals surface area (Å²) in [5, 5.41) is 8.66. The highest BCUT2D eigenvalue weighted by Gasteiger charge is 2.26. The average Bonchev–Trinajstić information content (AvgIpc) is 3.32. The third kappa shape index (κ3) is 3.83. The van der Waals surface area contributed by atoms with Crippen LogP contribution in [-0.2, 0) is 6.54 Å². The Morgan fingerprint density at radius 2 is 2.04 bits per heavy atom. The lowest BCUT2D eigenvalue weighted by atomic mass is 9.98. The van der Waals surface area contributed by atoms with Gasteiger partial charge in [0.1, 0.15) is 5.76 Å². The maximum Gasteiger partial charge on any atom is 0.231 e. The third-order valence-corrected chi connectivity index (χ3v) is 5.55. The Kier molecular flexibility index (Phi) is 4.32. The number of imidazole rings is 1. The summed E-state index contributed by atoms with van der Waals surface area (Å²) in [5.74, 6) is 2.77. The summed E-state index contributed by atoms with van der Waals surface area (Å²) in [6.07, 6.45) is 6.82. The number of hydrogen-bond donors (Lipinski definition) is 0. The smallest absolute Gasteiger partial charge is 0.231 e. The lowest BCUT2D eigenvalue weighted by molar-refractivity contribution is 0.132. The largest absolute Gasteiger partial charge is 0.476 e. The van der Waals surface area contributed by atoms with Gasteiger partial charge in [0.2, 0.25) is 5.88 Å². The van der Waals surface area contributed by atoms with E-state index < -0.39 is 0 Å². The van der Waals surface area contributed by atoms with E-state index in [-0.39, 0.29) is 0 Å². The molecule has 0 atom stereocenters. The van der Waals surface area contributed by atoms with Crippen molar-refractivity contribution in [1.29, 1.82) is 0 Å². The van der Waals surface area contributed by atoms with Gasteiger partial charge in [0.25, 0.3) is 0 Å². The van der Waals surface area contributed by atoms with E-state index in [1.807, 2.05) is 35.8 Å². The van der Waals surface area contributed by atoms with Crippen molar-refractivity contribution in [2.45, 2.75) is 45.1 Å². The molecule has 1 saturated heterocycles. The molecule has 1 saturated carbocycles. The van der Waals surface area contributed by atoms with Crippen LogP contribution in [0.15, 0.2) is 28.9 Å². The minimum Gasteiger partial charge on any atom is -0.476 e. The van der Waals surface area contributed by atoms with Crippen molar-refractivity contribution in [1.82, 2.24) is 24.7 Å². The molecule has 2 fully saturated rings. The highest BCUT2D eigenvalue weighted by molar-refractivity contribution is 5.40. The Hall–Kier alpha value is -2.41. The molecular formula is C20H25N5O2. The zero-order valence-electron chi connectivity index (χ0n) is 15.7. The van der Waals surface area contributed by atoms with Gasteiger partial charge in [-0.2, -0.15) is 0 Å². The lowest BCUT2D eigenvalue weighted by Gasteiger charge is -2.31. The predicted octanol–water partition coefficient (Wildman–Crippen LogP) is 3.19. The van der Waals surface area contributed by atoms with E-state index in [0.29, 0.717) is 17.7 Å². The quantitative estimate of drug-likeness (QED) is 0.666. The first-order chi connectivity index (χ1) is 13.2. The second-order valence-electron chi connectivity index (χ2n) is 7.87. The third-order valence-electron chi connectivity index (χ3n) is 5.55. The molecule has 3 aromatic rings. The monoisotopic (exact) mass is 367 g/mol. The van der Waals surface area contributed by atoms with Gasteiger partial charge < -0.3 is 9.26 Å².